The number of hydrogen-bond donors (Lipinski definition) is 3. The molecule has 1 heterocycles. The van der Waals surface area contributed by atoms with Gasteiger partial charge in [-0.3, -0.25) is 16.5 Å². The number of rotatable bonds is 8. The van der Waals surface area contributed by atoms with Crippen molar-refractivity contribution in [1.82, 2.24) is 4.57 Å². The largest absolute Gasteiger partial charge is 0.497 e. The lowest BCUT2D eigenvalue weighted by atomic mass is 10.0. The Kier molecular flexibility index (Phi) is 10.6. The predicted octanol–water partition coefficient (Wildman–Crippen LogP) is 1.95. The van der Waals surface area contributed by atoms with E-state index in [4.69, 9.17) is 15.2 Å². The monoisotopic (exact) mass is 434 g/mol. The number of ether oxygens (including phenoxy) is 2. The maximum absolute atomic E-state index is 14.8. The predicted molar refractivity (Wildman–Crippen MR) is 122 cm³/mol. The molecule has 2 aromatic carbocycles. The average Bonchev–Trinajstić information content (AvgIpc) is 2.79. The fourth-order valence-corrected chi connectivity index (χ4v) is 3.20. The van der Waals surface area contributed by atoms with E-state index in [0.29, 0.717) is 54.3 Å². The molecule has 31 heavy (non-hydrogen) atoms. The Balaban J connectivity index is 0.00000156. The second-order valence-electron chi connectivity index (χ2n) is 6.55. The van der Waals surface area contributed by atoms with Crippen LogP contribution in [-0.2, 0) is 6.54 Å². The summed E-state index contributed by atoms with van der Waals surface area (Å²) < 4.78 is 27.6. The fourth-order valence-electron chi connectivity index (χ4n) is 3.20. The molecule has 0 saturated carbocycles. The first kappa shape index (κ1) is 26.1. The molecule has 1 aromatic heterocycles. The highest BCUT2D eigenvalue weighted by molar-refractivity contribution is 5.89. The van der Waals surface area contributed by atoms with Gasteiger partial charge in [-0.25, -0.2) is 4.39 Å². The van der Waals surface area contributed by atoms with Crippen LogP contribution in [0.25, 0.3) is 22.0 Å². The van der Waals surface area contributed by atoms with Crippen molar-refractivity contribution < 1.29 is 19.3 Å². The van der Waals surface area contributed by atoms with Gasteiger partial charge in [0.2, 0.25) is 0 Å². The summed E-state index contributed by atoms with van der Waals surface area (Å²) in [6.45, 7) is 3.54. The molecular formula is C22H31FN4O4. The van der Waals surface area contributed by atoms with Crippen molar-refractivity contribution >= 4 is 10.9 Å². The van der Waals surface area contributed by atoms with E-state index in [2.05, 4.69) is 11.7 Å². The van der Waals surface area contributed by atoms with Crippen LogP contribution in [0.3, 0.4) is 0 Å². The van der Waals surface area contributed by atoms with Crippen molar-refractivity contribution in [3.8, 4) is 22.6 Å². The number of benzene rings is 2. The summed E-state index contributed by atoms with van der Waals surface area (Å²) in [4.78, 5) is 13.2. The summed E-state index contributed by atoms with van der Waals surface area (Å²) in [6.07, 6.45) is 3.28. The van der Waals surface area contributed by atoms with E-state index in [1.165, 1.54) is 6.07 Å². The normalized spacial score (nSPS) is 10.1. The van der Waals surface area contributed by atoms with Crippen molar-refractivity contribution in [1.29, 1.82) is 0 Å². The van der Waals surface area contributed by atoms with Gasteiger partial charge < -0.3 is 25.3 Å². The van der Waals surface area contributed by atoms with Crippen molar-refractivity contribution in [2.45, 2.75) is 26.3 Å². The molecule has 0 unspecified atom stereocenters. The van der Waals surface area contributed by atoms with E-state index in [-0.39, 0.29) is 16.3 Å². The lowest BCUT2D eigenvalue weighted by Crippen LogP contribution is -2.16. The van der Waals surface area contributed by atoms with E-state index in [9.17, 15) is 9.18 Å². The zero-order chi connectivity index (χ0) is 22.1. The van der Waals surface area contributed by atoms with Crippen LogP contribution < -0.4 is 32.3 Å². The number of pyridine rings is 1. The van der Waals surface area contributed by atoms with Crippen LogP contribution in [0.1, 0.15) is 19.8 Å². The molecule has 0 aliphatic rings. The lowest BCUT2D eigenvalue weighted by molar-refractivity contribution is 0.319. The summed E-state index contributed by atoms with van der Waals surface area (Å²) in [7, 11) is 1.58. The number of aromatic nitrogens is 1. The van der Waals surface area contributed by atoms with Crippen LogP contribution in [0.4, 0.5) is 4.39 Å². The highest BCUT2D eigenvalue weighted by Crippen LogP contribution is 2.30. The smallest absolute Gasteiger partial charge is 0.200 e. The standard InChI is InChI=1S/C22H25FN2O3.H4N2.H2O/c1-3-13-28-19-10-9-18(23)20-21(19)25(12-4-11-24)14-17(22(20)26)15-5-7-16(27-2)8-6-15;1-2;/h5-10,14H,3-4,11-13,24H2,1-2H3;1-2H2;1H2. The average molecular weight is 435 g/mol. The highest BCUT2D eigenvalue weighted by Gasteiger charge is 2.18. The van der Waals surface area contributed by atoms with Crippen LogP contribution >= 0.6 is 0 Å². The van der Waals surface area contributed by atoms with Crippen LogP contribution in [-0.4, -0.2) is 30.3 Å². The molecule has 0 saturated heterocycles. The summed E-state index contributed by atoms with van der Waals surface area (Å²) in [5, 5.41) is 0.0407. The number of hydrazine groups is 1. The molecule has 0 aliphatic carbocycles. The molecule has 3 aromatic rings. The van der Waals surface area contributed by atoms with Crippen LogP contribution in [0.5, 0.6) is 11.5 Å². The second-order valence-corrected chi connectivity index (χ2v) is 6.55. The third-order valence-corrected chi connectivity index (χ3v) is 4.60. The molecule has 8 nitrogen and oxygen atoms in total. The van der Waals surface area contributed by atoms with Gasteiger partial charge in [0.15, 0.2) is 5.43 Å². The van der Waals surface area contributed by atoms with Gasteiger partial charge >= 0.3 is 0 Å². The van der Waals surface area contributed by atoms with Crippen LogP contribution in [0.2, 0.25) is 0 Å². The fraction of sp³-hybridized carbons (Fsp3) is 0.318. The van der Waals surface area contributed by atoms with Gasteiger partial charge in [0, 0.05) is 18.3 Å². The maximum Gasteiger partial charge on any atom is 0.200 e. The Labute approximate surface area is 180 Å². The number of hydrogen-bond acceptors (Lipinski definition) is 6. The van der Waals surface area contributed by atoms with Gasteiger partial charge in [-0.05, 0) is 49.2 Å². The molecule has 0 aliphatic heterocycles. The van der Waals surface area contributed by atoms with Crippen LogP contribution in [0.15, 0.2) is 47.4 Å². The van der Waals surface area contributed by atoms with E-state index < -0.39 is 5.82 Å². The minimum absolute atomic E-state index is 0. The quantitative estimate of drug-likeness (QED) is 0.364. The molecule has 0 spiro atoms. The zero-order valence-corrected chi connectivity index (χ0v) is 17.9. The Morgan fingerprint density at radius 2 is 1.77 bits per heavy atom. The van der Waals surface area contributed by atoms with E-state index in [1.54, 1.807) is 43.6 Å². The first-order valence-corrected chi connectivity index (χ1v) is 9.77. The van der Waals surface area contributed by atoms with Gasteiger partial charge in [-0.1, -0.05) is 19.1 Å². The lowest BCUT2D eigenvalue weighted by Gasteiger charge is -2.17. The third kappa shape index (κ3) is 5.80. The highest BCUT2D eigenvalue weighted by atomic mass is 19.1. The van der Waals surface area contributed by atoms with Gasteiger partial charge in [-0.2, -0.15) is 0 Å². The van der Waals surface area contributed by atoms with Crippen molar-refractivity contribution in [2.24, 2.45) is 17.4 Å². The summed E-state index contributed by atoms with van der Waals surface area (Å²) >= 11 is 0. The SMILES string of the molecule is CCCOc1ccc(F)c2c(=O)c(-c3ccc(OC)cc3)cn(CCCN)c12.NN.O. The molecule has 9 heteroatoms. The molecule has 170 valence electrons. The number of methoxy groups -OCH3 is 1. The summed E-state index contributed by atoms with van der Waals surface area (Å²) in [5.74, 6) is 8.64. The first-order valence-electron chi connectivity index (χ1n) is 9.77. The van der Waals surface area contributed by atoms with E-state index >= 15 is 0 Å². The first-order chi connectivity index (χ1) is 14.6. The second kappa shape index (κ2) is 12.7. The molecule has 0 fully saturated rings. The number of aryl methyl sites for hydroxylation is 1. The van der Waals surface area contributed by atoms with E-state index in [0.717, 1.165) is 6.42 Å². The minimum atomic E-state index is -0.555. The molecule has 8 N–H and O–H groups in total. The summed E-state index contributed by atoms with van der Waals surface area (Å²) in [6, 6.07) is 10.0. The Hall–Kier alpha value is -2.98. The van der Waals surface area contributed by atoms with E-state index in [1.807, 2.05) is 11.5 Å². The summed E-state index contributed by atoms with van der Waals surface area (Å²) in [5.41, 5.74) is 6.94. The number of nitrogens with zero attached hydrogens (tertiary/aromatic N) is 1. The molecule has 0 radical (unpaired) electrons. The minimum Gasteiger partial charge on any atom is -0.497 e. The maximum atomic E-state index is 14.8. The Morgan fingerprint density at radius 3 is 2.35 bits per heavy atom. The van der Waals surface area contributed by atoms with Crippen molar-refractivity contribution in [3.05, 3.63) is 58.6 Å². The molecule has 0 atom stereocenters. The van der Waals surface area contributed by atoms with Crippen molar-refractivity contribution in [3.63, 3.8) is 0 Å². The molecule has 0 bridgehead atoms. The number of nitrogens with two attached hydrogens (primary N) is 3. The van der Waals surface area contributed by atoms with Crippen LogP contribution in [0, 0.1) is 5.82 Å². The number of halogens is 1. The van der Waals surface area contributed by atoms with Gasteiger partial charge in [0.25, 0.3) is 0 Å². The molecular weight excluding hydrogens is 403 g/mol. The third-order valence-electron chi connectivity index (χ3n) is 4.60. The number of fused-ring (bicyclic) bond motifs is 1. The van der Waals surface area contributed by atoms with Gasteiger partial charge in [0.05, 0.1) is 24.6 Å². The molecule has 3 rings (SSSR count). The topological polar surface area (TPSA) is 150 Å². The molecule has 0 amide bonds. The van der Waals surface area contributed by atoms with Gasteiger partial charge in [-0.15, -0.1) is 0 Å². The Bertz CT molecular complexity index is 1020. The van der Waals surface area contributed by atoms with Crippen molar-refractivity contribution in [2.75, 3.05) is 20.3 Å². The van der Waals surface area contributed by atoms with Gasteiger partial charge in [0.1, 0.15) is 17.3 Å². The zero-order valence-electron chi connectivity index (χ0n) is 17.9. The Morgan fingerprint density at radius 1 is 1.10 bits per heavy atom.